The fourth-order valence-electron chi connectivity index (χ4n) is 2.80. The summed E-state index contributed by atoms with van der Waals surface area (Å²) >= 11 is 0. The van der Waals surface area contributed by atoms with Gasteiger partial charge in [0.15, 0.2) is 0 Å². The van der Waals surface area contributed by atoms with Crippen LogP contribution < -0.4 is 5.32 Å². The highest BCUT2D eigenvalue weighted by Crippen LogP contribution is 2.21. The summed E-state index contributed by atoms with van der Waals surface area (Å²) in [6.07, 6.45) is 0.777. The second-order valence-electron chi connectivity index (χ2n) is 6.03. The minimum Gasteiger partial charge on any atom is -0.386 e. The number of carbonyl (C=O) groups excluding carboxylic acids is 1. The largest absolute Gasteiger partial charge is 0.386 e. The fraction of sp³-hybridized carbons (Fsp3) is 0.211. The zero-order valence-corrected chi connectivity index (χ0v) is 13.6. The molecule has 6 heteroatoms. The fourth-order valence-corrected chi connectivity index (χ4v) is 2.80. The lowest BCUT2D eigenvalue weighted by Crippen LogP contribution is -2.37. The molecule has 3 N–H and O–H groups in total. The second-order valence-corrected chi connectivity index (χ2v) is 6.03. The number of H-pyrrole nitrogens is 1. The number of rotatable bonds is 5. The van der Waals surface area contributed by atoms with E-state index in [2.05, 4.69) is 10.3 Å². The van der Waals surface area contributed by atoms with Crippen LogP contribution in [0.4, 0.5) is 8.78 Å². The van der Waals surface area contributed by atoms with Crippen LogP contribution in [0.2, 0.25) is 0 Å². The molecule has 1 amide bonds. The molecule has 2 unspecified atom stereocenters. The quantitative estimate of drug-likeness (QED) is 0.665. The van der Waals surface area contributed by atoms with E-state index < -0.39 is 12.1 Å². The maximum Gasteiger partial charge on any atom is 0.224 e. The lowest BCUT2D eigenvalue weighted by molar-refractivity contribution is -0.121. The van der Waals surface area contributed by atoms with E-state index in [9.17, 15) is 18.7 Å². The molecule has 2 atom stereocenters. The van der Waals surface area contributed by atoms with Crippen molar-refractivity contribution in [3.05, 3.63) is 71.4 Å². The minimum absolute atomic E-state index is 0.0595. The first-order valence-electron chi connectivity index (χ1n) is 7.92. The predicted octanol–water partition coefficient (Wildman–Crippen LogP) is 3.23. The van der Waals surface area contributed by atoms with E-state index in [1.54, 1.807) is 19.2 Å². The second kappa shape index (κ2) is 7.03. The third-order valence-electron chi connectivity index (χ3n) is 4.15. The molecule has 4 nitrogen and oxygen atoms in total. The van der Waals surface area contributed by atoms with Gasteiger partial charge < -0.3 is 15.4 Å². The number of hydrogen-bond donors (Lipinski definition) is 3. The highest BCUT2D eigenvalue weighted by Gasteiger charge is 2.19. The summed E-state index contributed by atoms with van der Waals surface area (Å²) in [5, 5.41) is 13.6. The van der Waals surface area contributed by atoms with Crippen LogP contribution in [-0.2, 0) is 11.2 Å². The lowest BCUT2D eigenvalue weighted by Gasteiger charge is -2.20. The Labute approximate surface area is 143 Å². The van der Waals surface area contributed by atoms with Crippen LogP contribution in [-0.4, -0.2) is 22.0 Å². The summed E-state index contributed by atoms with van der Waals surface area (Å²) in [5.41, 5.74) is 1.95. The van der Waals surface area contributed by atoms with Crippen molar-refractivity contribution in [3.8, 4) is 0 Å². The number of aromatic amines is 1. The van der Waals surface area contributed by atoms with E-state index in [0.717, 1.165) is 5.52 Å². The van der Waals surface area contributed by atoms with Crippen LogP contribution in [0.25, 0.3) is 10.9 Å². The first-order chi connectivity index (χ1) is 11.9. The van der Waals surface area contributed by atoms with Crippen molar-refractivity contribution in [2.45, 2.75) is 25.5 Å². The van der Waals surface area contributed by atoms with Gasteiger partial charge in [-0.3, -0.25) is 4.79 Å². The number of nitrogens with one attached hydrogen (secondary N) is 2. The Morgan fingerprint density at radius 3 is 2.56 bits per heavy atom. The summed E-state index contributed by atoms with van der Waals surface area (Å²) in [4.78, 5) is 15.2. The normalized spacial score (nSPS) is 13.6. The highest BCUT2D eigenvalue weighted by molar-refractivity contribution is 5.89. The van der Waals surface area contributed by atoms with Crippen molar-refractivity contribution >= 4 is 16.8 Å². The average Bonchev–Trinajstić information content (AvgIpc) is 2.97. The van der Waals surface area contributed by atoms with Gasteiger partial charge in [-0.2, -0.15) is 0 Å². The SMILES string of the molecule is CC(NC(=O)Cc1c[nH]c2ccc(F)cc12)C(O)c1ccc(F)cc1. The summed E-state index contributed by atoms with van der Waals surface area (Å²) in [6.45, 7) is 1.67. The van der Waals surface area contributed by atoms with Crippen molar-refractivity contribution in [1.29, 1.82) is 0 Å². The molecule has 0 saturated heterocycles. The number of benzene rings is 2. The number of carbonyl (C=O) groups is 1. The number of hydrogen-bond acceptors (Lipinski definition) is 2. The summed E-state index contributed by atoms with van der Waals surface area (Å²) in [6, 6.07) is 9.26. The van der Waals surface area contributed by atoms with E-state index >= 15 is 0 Å². The third-order valence-corrected chi connectivity index (χ3v) is 4.15. The molecule has 0 aliphatic carbocycles. The Kier molecular flexibility index (Phi) is 4.81. The summed E-state index contributed by atoms with van der Waals surface area (Å²) in [7, 11) is 0. The molecule has 0 bridgehead atoms. The molecule has 25 heavy (non-hydrogen) atoms. The number of aliphatic hydroxyl groups excluding tert-OH is 1. The van der Waals surface area contributed by atoms with Gasteiger partial charge in [0.2, 0.25) is 5.91 Å². The monoisotopic (exact) mass is 344 g/mol. The van der Waals surface area contributed by atoms with Crippen LogP contribution >= 0.6 is 0 Å². The maximum atomic E-state index is 13.4. The molecule has 0 saturated carbocycles. The van der Waals surface area contributed by atoms with Crippen LogP contribution in [0.1, 0.15) is 24.2 Å². The third kappa shape index (κ3) is 3.85. The van der Waals surface area contributed by atoms with Crippen molar-refractivity contribution in [2.75, 3.05) is 0 Å². The Morgan fingerprint density at radius 1 is 1.16 bits per heavy atom. The van der Waals surface area contributed by atoms with Gasteiger partial charge in [0.05, 0.1) is 18.6 Å². The van der Waals surface area contributed by atoms with E-state index in [0.29, 0.717) is 16.5 Å². The zero-order chi connectivity index (χ0) is 18.0. The smallest absolute Gasteiger partial charge is 0.224 e. The molecular formula is C19H18F2N2O2. The Balaban J connectivity index is 1.66. The summed E-state index contributed by atoms with van der Waals surface area (Å²) in [5.74, 6) is -1.05. The molecule has 1 aromatic heterocycles. The van der Waals surface area contributed by atoms with Crippen LogP contribution in [0, 0.1) is 11.6 Å². The van der Waals surface area contributed by atoms with Gasteiger partial charge in [-0.25, -0.2) is 8.78 Å². The van der Waals surface area contributed by atoms with Crippen molar-refractivity contribution in [2.24, 2.45) is 0 Å². The van der Waals surface area contributed by atoms with Crippen molar-refractivity contribution < 1.29 is 18.7 Å². The number of halogens is 2. The zero-order valence-electron chi connectivity index (χ0n) is 13.6. The van der Waals surface area contributed by atoms with Gasteiger partial charge in [-0.05, 0) is 48.4 Å². The molecule has 2 aromatic carbocycles. The van der Waals surface area contributed by atoms with E-state index in [-0.39, 0.29) is 24.0 Å². The Morgan fingerprint density at radius 2 is 1.84 bits per heavy atom. The standard InChI is InChI=1S/C19H18F2N2O2/c1-11(19(25)12-2-4-14(20)5-3-12)23-18(24)8-13-10-22-17-7-6-15(21)9-16(13)17/h2-7,9-11,19,22,25H,8H2,1H3,(H,23,24). The summed E-state index contributed by atoms with van der Waals surface area (Å²) < 4.78 is 26.3. The molecule has 0 aliphatic rings. The van der Waals surface area contributed by atoms with Crippen molar-refractivity contribution in [1.82, 2.24) is 10.3 Å². The van der Waals surface area contributed by atoms with Gasteiger partial charge in [0.1, 0.15) is 11.6 Å². The van der Waals surface area contributed by atoms with E-state index in [1.807, 2.05) is 0 Å². The maximum absolute atomic E-state index is 13.4. The molecule has 1 heterocycles. The Hall–Kier alpha value is -2.73. The van der Waals surface area contributed by atoms with Crippen LogP contribution in [0.3, 0.4) is 0 Å². The van der Waals surface area contributed by atoms with Crippen LogP contribution in [0.15, 0.2) is 48.7 Å². The van der Waals surface area contributed by atoms with Crippen LogP contribution in [0.5, 0.6) is 0 Å². The predicted molar refractivity (Wildman–Crippen MR) is 90.9 cm³/mol. The number of amides is 1. The van der Waals surface area contributed by atoms with E-state index in [1.165, 1.54) is 36.4 Å². The first kappa shape index (κ1) is 17.1. The molecule has 0 aliphatic heterocycles. The molecule has 3 aromatic rings. The molecule has 0 spiro atoms. The van der Waals surface area contributed by atoms with E-state index in [4.69, 9.17) is 0 Å². The molecule has 130 valence electrons. The van der Waals surface area contributed by atoms with Gasteiger partial charge in [-0.1, -0.05) is 12.1 Å². The first-order valence-corrected chi connectivity index (χ1v) is 7.92. The van der Waals surface area contributed by atoms with Gasteiger partial charge in [0, 0.05) is 17.1 Å². The highest BCUT2D eigenvalue weighted by atomic mass is 19.1. The molecule has 3 rings (SSSR count). The molecular weight excluding hydrogens is 326 g/mol. The lowest BCUT2D eigenvalue weighted by atomic mass is 10.0. The Bertz CT molecular complexity index is 890. The average molecular weight is 344 g/mol. The van der Waals surface area contributed by atoms with Gasteiger partial charge in [-0.15, -0.1) is 0 Å². The molecule has 0 radical (unpaired) electrons. The minimum atomic E-state index is -0.954. The van der Waals surface area contributed by atoms with Gasteiger partial charge >= 0.3 is 0 Å². The van der Waals surface area contributed by atoms with Gasteiger partial charge in [0.25, 0.3) is 0 Å². The molecule has 0 fully saturated rings. The number of fused-ring (bicyclic) bond motifs is 1. The van der Waals surface area contributed by atoms with Crippen molar-refractivity contribution in [3.63, 3.8) is 0 Å². The topological polar surface area (TPSA) is 65.1 Å². The number of aromatic nitrogens is 1. The number of aliphatic hydroxyl groups is 1.